The number of phenols is 1. The van der Waals surface area contributed by atoms with Crippen molar-refractivity contribution in [2.75, 3.05) is 18.7 Å². The summed E-state index contributed by atoms with van der Waals surface area (Å²) in [7, 11) is 2.08. The molecule has 35 heavy (non-hydrogen) atoms. The molecule has 3 aliphatic heterocycles. The summed E-state index contributed by atoms with van der Waals surface area (Å²) in [5.74, 6) is 2.29. The summed E-state index contributed by atoms with van der Waals surface area (Å²) >= 11 is 0. The summed E-state index contributed by atoms with van der Waals surface area (Å²) in [4.78, 5) is 11.0. The molecule has 2 saturated heterocycles. The smallest absolute Gasteiger partial charge is 0.260 e. The van der Waals surface area contributed by atoms with Gasteiger partial charge in [0.25, 0.3) is 5.88 Å². The fourth-order valence-electron chi connectivity index (χ4n) is 6.01. The van der Waals surface area contributed by atoms with Crippen LogP contribution < -0.4 is 19.7 Å². The number of hydrogen-bond donors (Lipinski definition) is 2. The second-order valence-electron chi connectivity index (χ2n) is 10.6. The van der Waals surface area contributed by atoms with Gasteiger partial charge in [0.1, 0.15) is 5.75 Å². The Labute approximate surface area is 204 Å². The van der Waals surface area contributed by atoms with Crippen LogP contribution in [0.2, 0.25) is 0 Å². The average Bonchev–Trinajstić information content (AvgIpc) is 3.30. The van der Waals surface area contributed by atoms with E-state index in [0.717, 1.165) is 29.8 Å². The molecule has 2 fully saturated rings. The minimum atomic E-state index is 0.0788. The van der Waals surface area contributed by atoms with Crippen molar-refractivity contribution < 1.29 is 14.6 Å². The number of aromatic nitrogens is 4. The van der Waals surface area contributed by atoms with Crippen LogP contribution in [0.25, 0.3) is 22.5 Å². The Bertz CT molecular complexity index is 1250. The van der Waals surface area contributed by atoms with Crippen molar-refractivity contribution in [3.05, 3.63) is 36.7 Å². The Morgan fingerprint density at radius 1 is 1.00 bits per heavy atom. The van der Waals surface area contributed by atoms with Gasteiger partial charge in [0, 0.05) is 35.9 Å². The monoisotopic (exact) mass is 474 g/mol. The molecule has 0 saturated carbocycles. The number of anilines is 1. The minimum absolute atomic E-state index is 0.0788. The molecule has 182 valence electrons. The number of hydrogen-bond acceptors (Lipinski definition) is 9. The molecule has 0 amide bonds. The van der Waals surface area contributed by atoms with Gasteiger partial charge in [-0.25, -0.2) is 9.97 Å². The second kappa shape index (κ2) is 8.05. The van der Waals surface area contributed by atoms with Crippen LogP contribution in [0.5, 0.6) is 17.4 Å². The van der Waals surface area contributed by atoms with Crippen molar-refractivity contribution >= 4 is 5.82 Å². The van der Waals surface area contributed by atoms with Crippen LogP contribution in [-0.2, 0) is 0 Å². The van der Waals surface area contributed by atoms with Gasteiger partial charge in [0.05, 0.1) is 11.8 Å². The molecule has 9 heteroatoms. The molecule has 2 aromatic heterocycles. The van der Waals surface area contributed by atoms with E-state index in [9.17, 15) is 5.11 Å². The molecule has 3 aromatic rings. The number of nitrogens with one attached hydrogen (secondary N) is 1. The van der Waals surface area contributed by atoms with Crippen LogP contribution in [-0.4, -0.2) is 56.2 Å². The van der Waals surface area contributed by atoms with Crippen molar-refractivity contribution in [2.24, 2.45) is 0 Å². The Kier molecular flexibility index (Phi) is 5.07. The van der Waals surface area contributed by atoms with Crippen molar-refractivity contribution in [3.63, 3.8) is 0 Å². The standard InChI is InChI=1S/C26H30N6O3/c1-25-7-4-8-26(2,31-25)12-18(11-25)32(3)22-14-27-23(30-29-22)19-6-5-16(9-20(19)33)17-10-21-24(28-13-17)35-15-34-21/h5-6,9-10,13-14,18,31,33H,4,7-8,11-12,15H2,1-3H3/t18-,25-,26+. The van der Waals surface area contributed by atoms with Gasteiger partial charge in [-0.1, -0.05) is 6.07 Å². The number of phenolic OH excluding ortho intramolecular Hbond substituents is 1. The van der Waals surface area contributed by atoms with Gasteiger partial charge in [-0.05, 0) is 69.7 Å². The van der Waals surface area contributed by atoms with Crippen LogP contribution in [0, 0.1) is 0 Å². The Hall–Kier alpha value is -3.46. The first-order chi connectivity index (χ1) is 16.8. The molecule has 0 aliphatic carbocycles. The average molecular weight is 475 g/mol. The number of benzene rings is 1. The van der Waals surface area contributed by atoms with E-state index in [0.29, 0.717) is 29.1 Å². The largest absolute Gasteiger partial charge is 0.507 e. The van der Waals surface area contributed by atoms with Crippen molar-refractivity contribution in [3.8, 4) is 39.9 Å². The fraction of sp³-hybridized carbons (Fsp3) is 0.462. The van der Waals surface area contributed by atoms with Crippen molar-refractivity contribution in [1.82, 2.24) is 25.5 Å². The number of fused-ring (bicyclic) bond motifs is 3. The molecule has 9 nitrogen and oxygen atoms in total. The molecular formula is C26H30N6O3. The lowest BCUT2D eigenvalue weighted by Gasteiger charge is -2.55. The Morgan fingerprint density at radius 2 is 1.80 bits per heavy atom. The number of ether oxygens (including phenoxy) is 2. The van der Waals surface area contributed by atoms with E-state index in [1.807, 2.05) is 12.1 Å². The summed E-state index contributed by atoms with van der Waals surface area (Å²) in [6.07, 6.45) is 9.26. The molecule has 2 N–H and O–H groups in total. The molecule has 3 aliphatic rings. The molecule has 3 atom stereocenters. The maximum atomic E-state index is 10.7. The van der Waals surface area contributed by atoms with Crippen LogP contribution in [0.4, 0.5) is 5.82 Å². The lowest BCUT2D eigenvalue weighted by atomic mass is 9.69. The fourth-order valence-corrected chi connectivity index (χ4v) is 6.01. The van der Waals surface area contributed by atoms with E-state index in [1.54, 1.807) is 24.5 Å². The van der Waals surface area contributed by atoms with Crippen LogP contribution in [0.3, 0.4) is 0 Å². The minimum Gasteiger partial charge on any atom is -0.507 e. The third-order valence-corrected chi connectivity index (χ3v) is 7.69. The molecule has 0 unspecified atom stereocenters. The van der Waals surface area contributed by atoms with Gasteiger partial charge in [-0.2, -0.15) is 0 Å². The molecule has 5 heterocycles. The number of piperidine rings is 2. The highest BCUT2D eigenvalue weighted by molar-refractivity contribution is 5.73. The van der Waals surface area contributed by atoms with Crippen LogP contribution in [0.1, 0.15) is 46.0 Å². The SMILES string of the molecule is CN(c1cnc(-c2ccc(-c3cnc4c(c3)OCO4)cc2O)nn1)[C@H]1C[C@]2(C)CCC[C@](C)(C1)N2. The molecule has 1 aromatic carbocycles. The highest BCUT2D eigenvalue weighted by Crippen LogP contribution is 2.42. The molecule has 6 rings (SSSR count). The summed E-state index contributed by atoms with van der Waals surface area (Å²) in [5.41, 5.74) is 2.47. The Balaban J connectivity index is 1.21. The first-order valence-corrected chi connectivity index (χ1v) is 12.1. The summed E-state index contributed by atoms with van der Waals surface area (Å²) in [6, 6.07) is 7.59. The van der Waals surface area contributed by atoms with Crippen molar-refractivity contribution in [2.45, 2.75) is 63.1 Å². The molecule has 2 bridgehead atoms. The third-order valence-electron chi connectivity index (χ3n) is 7.69. The predicted octanol–water partition coefficient (Wildman–Crippen LogP) is 3.92. The summed E-state index contributed by atoms with van der Waals surface area (Å²) < 4.78 is 10.7. The zero-order valence-electron chi connectivity index (χ0n) is 20.3. The van der Waals surface area contributed by atoms with Crippen molar-refractivity contribution in [1.29, 1.82) is 0 Å². The highest BCUT2D eigenvalue weighted by Gasteiger charge is 2.46. The maximum Gasteiger partial charge on any atom is 0.260 e. The van der Waals surface area contributed by atoms with Gasteiger partial charge in [-0.3, -0.25) is 0 Å². The van der Waals surface area contributed by atoms with Crippen LogP contribution in [0.15, 0.2) is 36.7 Å². The highest BCUT2D eigenvalue weighted by atomic mass is 16.7. The van der Waals surface area contributed by atoms with Gasteiger partial charge in [-0.15, -0.1) is 10.2 Å². The van der Waals surface area contributed by atoms with E-state index < -0.39 is 0 Å². The van der Waals surface area contributed by atoms with E-state index in [4.69, 9.17) is 9.47 Å². The zero-order valence-corrected chi connectivity index (χ0v) is 20.3. The predicted molar refractivity (Wildman–Crippen MR) is 132 cm³/mol. The van der Waals surface area contributed by atoms with E-state index in [1.165, 1.54) is 19.3 Å². The Morgan fingerprint density at radius 3 is 2.51 bits per heavy atom. The second-order valence-corrected chi connectivity index (χ2v) is 10.6. The summed E-state index contributed by atoms with van der Waals surface area (Å²) in [6.45, 7) is 4.84. The van der Waals surface area contributed by atoms with E-state index >= 15 is 0 Å². The topological polar surface area (TPSA) is 106 Å². The number of aromatic hydroxyl groups is 1. The molecule has 0 spiro atoms. The molecule has 0 radical (unpaired) electrons. The van der Waals surface area contributed by atoms with E-state index in [-0.39, 0.29) is 23.6 Å². The van der Waals surface area contributed by atoms with E-state index in [2.05, 4.69) is 51.3 Å². The number of rotatable bonds is 4. The number of nitrogens with zero attached hydrogens (tertiary/aromatic N) is 5. The zero-order chi connectivity index (χ0) is 24.2. The summed E-state index contributed by atoms with van der Waals surface area (Å²) in [5, 5.41) is 23.4. The normalized spacial score (nSPS) is 27.0. The lowest BCUT2D eigenvalue weighted by Crippen LogP contribution is -2.66. The third kappa shape index (κ3) is 4.03. The van der Waals surface area contributed by atoms with Gasteiger partial charge < -0.3 is 24.8 Å². The first-order valence-electron chi connectivity index (χ1n) is 12.1. The molecular weight excluding hydrogens is 444 g/mol. The van der Waals surface area contributed by atoms with Gasteiger partial charge in [0.15, 0.2) is 17.4 Å². The van der Waals surface area contributed by atoms with Gasteiger partial charge >= 0.3 is 0 Å². The number of pyridine rings is 1. The lowest BCUT2D eigenvalue weighted by molar-refractivity contribution is 0.0784. The van der Waals surface area contributed by atoms with Gasteiger partial charge in [0.2, 0.25) is 6.79 Å². The quantitative estimate of drug-likeness (QED) is 0.582. The first kappa shape index (κ1) is 22.0. The maximum absolute atomic E-state index is 10.7. The van der Waals surface area contributed by atoms with Crippen LogP contribution >= 0.6 is 0 Å².